The minimum absolute atomic E-state index is 0.159. The zero-order valence-electron chi connectivity index (χ0n) is 14.0. The van der Waals surface area contributed by atoms with Crippen LogP contribution in [0.25, 0.3) is 0 Å². The molecule has 0 atom stereocenters. The Labute approximate surface area is 151 Å². The second-order valence-electron chi connectivity index (χ2n) is 5.72. The first-order valence-electron chi connectivity index (χ1n) is 8.20. The Kier molecular flexibility index (Phi) is 5.66. The third-order valence-corrected chi connectivity index (χ3v) is 4.06. The zero-order valence-corrected chi connectivity index (χ0v) is 14.8. The number of benzene rings is 2. The molecule has 3 rings (SSSR count). The van der Waals surface area contributed by atoms with Crippen molar-refractivity contribution in [2.75, 3.05) is 26.4 Å². The Bertz CT molecular complexity index is 746. The van der Waals surface area contributed by atoms with Gasteiger partial charge in [0.15, 0.2) is 11.5 Å². The van der Waals surface area contributed by atoms with Gasteiger partial charge in [0.2, 0.25) is 0 Å². The first kappa shape index (κ1) is 17.4. The maximum Gasteiger partial charge on any atom is 0.251 e. The molecule has 6 heteroatoms. The lowest BCUT2D eigenvalue weighted by Gasteiger charge is -2.13. The molecular formula is C19H20ClNO4. The topological polar surface area (TPSA) is 56.8 Å². The van der Waals surface area contributed by atoms with E-state index in [1.54, 1.807) is 30.3 Å². The first-order chi connectivity index (χ1) is 12.1. The van der Waals surface area contributed by atoms with Crippen LogP contribution in [0.1, 0.15) is 22.3 Å². The molecule has 2 aromatic rings. The Morgan fingerprint density at radius 2 is 1.84 bits per heavy atom. The molecule has 0 radical (unpaired) electrons. The van der Waals surface area contributed by atoms with Gasteiger partial charge in [0, 0.05) is 17.0 Å². The van der Waals surface area contributed by atoms with Gasteiger partial charge in [0.05, 0.1) is 19.8 Å². The summed E-state index contributed by atoms with van der Waals surface area (Å²) in [6.45, 7) is 3.87. The molecular weight excluding hydrogens is 342 g/mol. The second kappa shape index (κ2) is 8.12. The number of ether oxygens (including phenoxy) is 3. The highest BCUT2D eigenvalue weighted by Crippen LogP contribution is 2.32. The van der Waals surface area contributed by atoms with Crippen molar-refractivity contribution in [3.8, 4) is 17.2 Å². The number of rotatable bonds is 5. The molecule has 0 unspecified atom stereocenters. The maximum absolute atomic E-state index is 12.4. The average molecular weight is 362 g/mol. The number of halogens is 1. The third kappa shape index (κ3) is 4.57. The number of amides is 1. The van der Waals surface area contributed by atoms with Crippen molar-refractivity contribution in [3.05, 3.63) is 52.5 Å². The van der Waals surface area contributed by atoms with Gasteiger partial charge in [0.25, 0.3) is 5.91 Å². The maximum atomic E-state index is 12.4. The molecule has 5 nitrogen and oxygen atoms in total. The summed E-state index contributed by atoms with van der Waals surface area (Å²) < 4.78 is 16.8. The summed E-state index contributed by atoms with van der Waals surface area (Å²) in [5.74, 6) is 1.86. The van der Waals surface area contributed by atoms with Crippen molar-refractivity contribution in [1.29, 1.82) is 0 Å². The van der Waals surface area contributed by atoms with Crippen LogP contribution in [0.3, 0.4) is 0 Å². The van der Waals surface area contributed by atoms with E-state index in [0.717, 1.165) is 12.0 Å². The molecule has 0 fully saturated rings. The van der Waals surface area contributed by atoms with Crippen LogP contribution in [-0.2, 0) is 0 Å². The number of aryl methyl sites for hydroxylation is 1. The molecule has 0 aliphatic carbocycles. The molecule has 1 aliphatic rings. The van der Waals surface area contributed by atoms with E-state index in [0.29, 0.717) is 54.2 Å². The largest absolute Gasteiger partial charge is 0.492 e. The van der Waals surface area contributed by atoms with Crippen LogP contribution in [0.15, 0.2) is 36.4 Å². The highest BCUT2D eigenvalue weighted by atomic mass is 35.5. The Hall–Kier alpha value is -2.40. The van der Waals surface area contributed by atoms with Crippen molar-refractivity contribution >= 4 is 17.5 Å². The molecule has 25 heavy (non-hydrogen) atoms. The molecule has 1 aliphatic heterocycles. The van der Waals surface area contributed by atoms with Crippen LogP contribution in [0.5, 0.6) is 17.2 Å². The lowest BCUT2D eigenvalue weighted by molar-refractivity contribution is 0.0946. The molecule has 2 aromatic carbocycles. The zero-order chi connectivity index (χ0) is 17.6. The van der Waals surface area contributed by atoms with Gasteiger partial charge in [-0.3, -0.25) is 4.79 Å². The summed E-state index contributed by atoms with van der Waals surface area (Å²) in [5.41, 5.74) is 1.43. The van der Waals surface area contributed by atoms with E-state index in [9.17, 15) is 4.79 Å². The van der Waals surface area contributed by atoms with E-state index in [2.05, 4.69) is 5.32 Å². The van der Waals surface area contributed by atoms with Crippen LogP contribution in [0.2, 0.25) is 5.02 Å². The van der Waals surface area contributed by atoms with E-state index in [1.807, 2.05) is 13.0 Å². The van der Waals surface area contributed by atoms with Gasteiger partial charge in [-0.2, -0.15) is 0 Å². The summed E-state index contributed by atoms with van der Waals surface area (Å²) in [4.78, 5) is 12.4. The van der Waals surface area contributed by atoms with Crippen molar-refractivity contribution in [2.24, 2.45) is 0 Å². The van der Waals surface area contributed by atoms with Gasteiger partial charge in [-0.15, -0.1) is 0 Å². The molecule has 1 N–H and O–H groups in total. The van der Waals surface area contributed by atoms with Crippen LogP contribution in [0.4, 0.5) is 0 Å². The van der Waals surface area contributed by atoms with Crippen LogP contribution in [0, 0.1) is 6.92 Å². The SMILES string of the molecule is Cc1cc2c(cc1C(=O)NCCOc1ccc(Cl)cc1)OCCCO2. The molecule has 1 heterocycles. The Morgan fingerprint density at radius 3 is 2.56 bits per heavy atom. The standard InChI is InChI=1S/C19H20ClNO4/c1-13-11-17-18(25-9-2-8-24-17)12-16(13)19(22)21-7-10-23-15-5-3-14(20)4-6-15/h3-6,11-12H,2,7-10H2,1H3,(H,21,22). The number of hydrogen-bond donors (Lipinski definition) is 1. The van der Waals surface area contributed by atoms with Gasteiger partial charge >= 0.3 is 0 Å². The van der Waals surface area contributed by atoms with Gasteiger partial charge in [-0.05, 0) is 48.9 Å². The number of nitrogens with one attached hydrogen (secondary N) is 1. The lowest BCUT2D eigenvalue weighted by Crippen LogP contribution is -2.28. The number of hydrogen-bond acceptors (Lipinski definition) is 4. The minimum Gasteiger partial charge on any atom is -0.492 e. The quantitative estimate of drug-likeness (QED) is 0.826. The van der Waals surface area contributed by atoms with Crippen LogP contribution < -0.4 is 19.5 Å². The smallest absolute Gasteiger partial charge is 0.251 e. The normalized spacial score (nSPS) is 13.0. The summed E-state index contributed by atoms with van der Waals surface area (Å²) >= 11 is 5.83. The summed E-state index contributed by atoms with van der Waals surface area (Å²) in [5, 5.41) is 3.52. The molecule has 0 bridgehead atoms. The molecule has 0 saturated heterocycles. The molecule has 1 amide bonds. The van der Waals surface area contributed by atoms with E-state index in [1.165, 1.54) is 0 Å². The fourth-order valence-electron chi connectivity index (χ4n) is 2.51. The second-order valence-corrected chi connectivity index (χ2v) is 6.16. The van der Waals surface area contributed by atoms with Crippen molar-refractivity contribution < 1.29 is 19.0 Å². The highest BCUT2D eigenvalue weighted by molar-refractivity contribution is 6.30. The van der Waals surface area contributed by atoms with E-state index in [-0.39, 0.29) is 5.91 Å². The molecule has 0 spiro atoms. The number of carbonyl (C=O) groups is 1. The van der Waals surface area contributed by atoms with Gasteiger partial charge < -0.3 is 19.5 Å². The predicted octanol–water partition coefficient (Wildman–Crippen LogP) is 3.62. The Balaban J connectivity index is 1.56. The summed E-state index contributed by atoms with van der Waals surface area (Å²) in [7, 11) is 0. The molecule has 132 valence electrons. The predicted molar refractivity (Wildman–Crippen MR) is 96.1 cm³/mol. The summed E-state index contributed by atoms with van der Waals surface area (Å²) in [6.07, 6.45) is 0.831. The Morgan fingerprint density at radius 1 is 1.16 bits per heavy atom. The fraction of sp³-hybridized carbons (Fsp3) is 0.316. The molecule has 0 aromatic heterocycles. The van der Waals surface area contributed by atoms with Gasteiger partial charge in [0.1, 0.15) is 12.4 Å². The third-order valence-electron chi connectivity index (χ3n) is 3.81. The minimum atomic E-state index is -0.159. The van der Waals surface area contributed by atoms with Gasteiger partial charge in [-0.1, -0.05) is 11.6 Å². The highest BCUT2D eigenvalue weighted by Gasteiger charge is 2.17. The lowest BCUT2D eigenvalue weighted by atomic mass is 10.1. The average Bonchev–Trinajstić information content (AvgIpc) is 2.84. The molecule has 0 saturated carbocycles. The number of carbonyl (C=O) groups excluding carboxylic acids is 1. The number of fused-ring (bicyclic) bond motifs is 1. The fourth-order valence-corrected chi connectivity index (χ4v) is 2.64. The van der Waals surface area contributed by atoms with E-state index >= 15 is 0 Å². The summed E-state index contributed by atoms with van der Waals surface area (Å²) in [6, 6.07) is 10.7. The van der Waals surface area contributed by atoms with E-state index < -0.39 is 0 Å². The van der Waals surface area contributed by atoms with Crippen LogP contribution >= 0.6 is 11.6 Å². The first-order valence-corrected chi connectivity index (χ1v) is 8.58. The van der Waals surface area contributed by atoms with Crippen molar-refractivity contribution in [2.45, 2.75) is 13.3 Å². The van der Waals surface area contributed by atoms with Gasteiger partial charge in [-0.25, -0.2) is 0 Å². The van der Waals surface area contributed by atoms with Crippen molar-refractivity contribution in [1.82, 2.24) is 5.32 Å². The monoisotopic (exact) mass is 361 g/mol. The van der Waals surface area contributed by atoms with Crippen LogP contribution in [-0.4, -0.2) is 32.3 Å². The van der Waals surface area contributed by atoms with Crippen molar-refractivity contribution in [3.63, 3.8) is 0 Å². The van der Waals surface area contributed by atoms with E-state index in [4.69, 9.17) is 25.8 Å².